The maximum atomic E-state index is 10.6. The van der Waals surface area contributed by atoms with Crippen LogP contribution < -0.4 is 5.32 Å². The minimum Gasteiger partial charge on any atom is -0.481 e. The van der Waals surface area contributed by atoms with Crippen molar-refractivity contribution < 1.29 is 9.90 Å². The highest BCUT2D eigenvalue weighted by molar-refractivity contribution is 6.29. The molecule has 0 saturated carbocycles. The molecule has 1 heterocycles. The Bertz CT molecular complexity index is 351. The highest BCUT2D eigenvalue weighted by atomic mass is 35.5. The van der Waals surface area contributed by atoms with Crippen molar-refractivity contribution in [3.8, 4) is 0 Å². The molecule has 0 aliphatic rings. The van der Waals surface area contributed by atoms with Crippen LogP contribution in [0.5, 0.6) is 0 Å². The molecule has 0 amide bonds. The highest BCUT2D eigenvalue weighted by Crippen LogP contribution is 2.16. The number of carboxylic acid groups (broad SMARTS) is 1. The molecule has 0 spiro atoms. The van der Waals surface area contributed by atoms with Crippen molar-refractivity contribution in [2.75, 3.05) is 5.32 Å². The Morgan fingerprint density at radius 1 is 1.53 bits per heavy atom. The van der Waals surface area contributed by atoms with E-state index in [9.17, 15) is 4.79 Å². The van der Waals surface area contributed by atoms with E-state index in [2.05, 4.69) is 15.5 Å². The van der Waals surface area contributed by atoms with Crippen molar-refractivity contribution in [1.82, 2.24) is 10.2 Å². The van der Waals surface area contributed by atoms with E-state index in [1.54, 1.807) is 26.0 Å². The van der Waals surface area contributed by atoms with Crippen molar-refractivity contribution in [1.29, 1.82) is 0 Å². The standard InChI is InChI=1S/C9H12ClN3O2/c1-9(2,5-8(14)15)11-7-4-3-6(10)12-13-7/h3-4H,5H2,1-2H3,(H,11,13)(H,14,15). The third-order valence-corrected chi connectivity index (χ3v) is 1.89. The van der Waals surface area contributed by atoms with Gasteiger partial charge in [-0.25, -0.2) is 0 Å². The first kappa shape index (κ1) is 11.7. The molecule has 1 rings (SSSR count). The van der Waals surface area contributed by atoms with E-state index < -0.39 is 11.5 Å². The fourth-order valence-electron chi connectivity index (χ4n) is 1.15. The molecule has 0 aromatic carbocycles. The van der Waals surface area contributed by atoms with Crippen LogP contribution in [0, 0.1) is 0 Å². The summed E-state index contributed by atoms with van der Waals surface area (Å²) in [7, 11) is 0. The zero-order chi connectivity index (χ0) is 11.5. The van der Waals surface area contributed by atoms with Gasteiger partial charge in [-0.15, -0.1) is 10.2 Å². The Balaban J connectivity index is 2.68. The van der Waals surface area contributed by atoms with E-state index in [-0.39, 0.29) is 6.42 Å². The topological polar surface area (TPSA) is 75.1 Å². The van der Waals surface area contributed by atoms with Gasteiger partial charge in [0.15, 0.2) is 5.15 Å². The fraction of sp³-hybridized carbons (Fsp3) is 0.444. The van der Waals surface area contributed by atoms with Crippen LogP contribution in [0.4, 0.5) is 5.82 Å². The molecule has 0 radical (unpaired) electrons. The van der Waals surface area contributed by atoms with Crippen molar-refractivity contribution in [3.05, 3.63) is 17.3 Å². The minimum atomic E-state index is -0.866. The van der Waals surface area contributed by atoms with Gasteiger partial charge in [0, 0.05) is 5.54 Å². The number of nitrogens with zero attached hydrogens (tertiary/aromatic N) is 2. The number of hydrogen-bond acceptors (Lipinski definition) is 4. The molecule has 1 aromatic rings. The molecule has 15 heavy (non-hydrogen) atoms. The molecule has 6 heteroatoms. The van der Waals surface area contributed by atoms with Crippen LogP contribution in [0.15, 0.2) is 12.1 Å². The van der Waals surface area contributed by atoms with Gasteiger partial charge in [0.25, 0.3) is 0 Å². The number of carbonyl (C=O) groups is 1. The smallest absolute Gasteiger partial charge is 0.305 e. The highest BCUT2D eigenvalue weighted by Gasteiger charge is 2.21. The normalized spacial score (nSPS) is 11.1. The largest absolute Gasteiger partial charge is 0.481 e. The predicted molar refractivity (Wildman–Crippen MR) is 57.0 cm³/mol. The number of carboxylic acids is 1. The summed E-state index contributed by atoms with van der Waals surface area (Å²) in [4.78, 5) is 10.6. The Morgan fingerprint density at radius 3 is 2.67 bits per heavy atom. The average molecular weight is 230 g/mol. The molecular weight excluding hydrogens is 218 g/mol. The molecule has 0 aliphatic carbocycles. The zero-order valence-electron chi connectivity index (χ0n) is 8.49. The van der Waals surface area contributed by atoms with Gasteiger partial charge in [0.2, 0.25) is 0 Å². The van der Waals surface area contributed by atoms with Crippen LogP contribution in [0.2, 0.25) is 5.15 Å². The predicted octanol–water partition coefficient (Wildman–Crippen LogP) is 1.80. The molecule has 0 fully saturated rings. The molecule has 0 unspecified atom stereocenters. The van der Waals surface area contributed by atoms with Crippen LogP contribution in [0.25, 0.3) is 0 Å². The van der Waals surface area contributed by atoms with Crippen molar-refractivity contribution in [2.45, 2.75) is 25.8 Å². The molecule has 2 N–H and O–H groups in total. The van der Waals surface area contributed by atoms with Gasteiger partial charge in [0.1, 0.15) is 5.82 Å². The van der Waals surface area contributed by atoms with E-state index in [1.807, 2.05) is 0 Å². The first-order chi connectivity index (χ1) is 6.89. The summed E-state index contributed by atoms with van der Waals surface area (Å²) in [6.45, 7) is 3.55. The lowest BCUT2D eigenvalue weighted by Crippen LogP contribution is -2.34. The van der Waals surface area contributed by atoms with Crippen LogP contribution in [-0.4, -0.2) is 26.8 Å². The second-order valence-electron chi connectivity index (χ2n) is 3.82. The van der Waals surface area contributed by atoms with Gasteiger partial charge >= 0.3 is 5.97 Å². The van der Waals surface area contributed by atoms with Crippen LogP contribution in [0.1, 0.15) is 20.3 Å². The molecule has 0 bridgehead atoms. The van der Waals surface area contributed by atoms with Gasteiger partial charge in [-0.2, -0.15) is 0 Å². The fourth-order valence-corrected chi connectivity index (χ4v) is 1.25. The number of hydrogen-bond donors (Lipinski definition) is 2. The first-order valence-corrected chi connectivity index (χ1v) is 4.76. The molecule has 0 aliphatic heterocycles. The molecular formula is C9H12ClN3O2. The van der Waals surface area contributed by atoms with Crippen LogP contribution in [0.3, 0.4) is 0 Å². The van der Waals surface area contributed by atoms with Crippen LogP contribution in [-0.2, 0) is 4.79 Å². The number of aliphatic carboxylic acids is 1. The SMILES string of the molecule is CC(C)(CC(=O)O)Nc1ccc(Cl)nn1. The van der Waals surface area contributed by atoms with Crippen LogP contribution >= 0.6 is 11.6 Å². The lowest BCUT2D eigenvalue weighted by atomic mass is 10.0. The second-order valence-corrected chi connectivity index (χ2v) is 4.21. The Kier molecular flexibility index (Phi) is 3.47. The number of halogens is 1. The summed E-state index contributed by atoms with van der Waals surface area (Å²) in [6.07, 6.45) is -0.00267. The third-order valence-electron chi connectivity index (χ3n) is 1.69. The van der Waals surface area contributed by atoms with Gasteiger partial charge in [-0.1, -0.05) is 11.6 Å². The maximum Gasteiger partial charge on any atom is 0.305 e. The second kappa shape index (κ2) is 4.44. The summed E-state index contributed by atoms with van der Waals surface area (Å²) in [5.74, 6) is -0.361. The molecule has 0 saturated heterocycles. The van der Waals surface area contributed by atoms with E-state index in [0.717, 1.165) is 0 Å². The van der Waals surface area contributed by atoms with E-state index in [0.29, 0.717) is 11.0 Å². The Morgan fingerprint density at radius 2 is 2.20 bits per heavy atom. The number of aromatic nitrogens is 2. The van der Waals surface area contributed by atoms with Gasteiger partial charge in [-0.05, 0) is 26.0 Å². The summed E-state index contributed by atoms with van der Waals surface area (Å²) < 4.78 is 0. The number of nitrogens with one attached hydrogen (secondary N) is 1. The lowest BCUT2D eigenvalue weighted by Gasteiger charge is -2.24. The third kappa shape index (κ3) is 4.12. The quantitative estimate of drug-likeness (QED) is 0.824. The van der Waals surface area contributed by atoms with Gasteiger partial charge < -0.3 is 10.4 Å². The van der Waals surface area contributed by atoms with Gasteiger partial charge in [-0.3, -0.25) is 4.79 Å². The van der Waals surface area contributed by atoms with E-state index in [4.69, 9.17) is 16.7 Å². The molecule has 0 atom stereocenters. The summed E-state index contributed by atoms with van der Waals surface area (Å²) >= 11 is 5.57. The van der Waals surface area contributed by atoms with E-state index >= 15 is 0 Å². The summed E-state index contributed by atoms with van der Waals surface area (Å²) in [5.41, 5.74) is -0.575. The van der Waals surface area contributed by atoms with E-state index in [1.165, 1.54) is 0 Å². The van der Waals surface area contributed by atoms with Crippen molar-refractivity contribution >= 4 is 23.4 Å². The minimum absolute atomic E-state index is 0.00267. The molecule has 5 nitrogen and oxygen atoms in total. The molecule has 1 aromatic heterocycles. The van der Waals surface area contributed by atoms with Crippen molar-refractivity contribution in [2.24, 2.45) is 0 Å². The Labute approximate surface area is 92.5 Å². The monoisotopic (exact) mass is 229 g/mol. The van der Waals surface area contributed by atoms with Gasteiger partial charge in [0.05, 0.1) is 6.42 Å². The van der Waals surface area contributed by atoms with Crippen molar-refractivity contribution in [3.63, 3.8) is 0 Å². The summed E-state index contributed by atoms with van der Waals surface area (Å²) in [6, 6.07) is 3.24. The Hall–Kier alpha value is -1.36. The zero-order valence-corrected chi connectivity index (χ0v) is 9.25. The molecule has 82 valence electrons. The first-order valence-electron chi connectivity index (χ1n) is 4.38. The summed E-state index contributed by atoms with van der Waals surface area (Å²) in [5, 5.41) is 19.4. The number of anilines is 1. The maximum absolute atomic E-state index is 10.6. The lowest BCUT2D eigenvalue weighted by molar-refractivity contribution is -0.137. The number of rotatable bonds is 4. The average Bonchev–Trinajstić information content (AvgIpc) is 2.06.